The van der Waals surface area contributed by atoms with Gasteiger partial charge in [0, 0.05) is 0 Å². The molecule has 0 aromatic heterocycles. The molecule has 82 valence electrons. The van der Waals surface area contributed by atoms with E-state index in [0.717, 1.165) is 0 Å². The first-order valence-electron chi connectivity index (χ1n) is 5.37. The molecule has 1 saturated carbocycles. The Hall–Kier alpha value is -0.530. The standard InChI is InChI=1S/C12H22O2/c1-7(2)8(10(13)14)9-11(3,4)12(9,5)6/h7-9H,1-6H3,(H,13,14). The normalized spacial score (nSPS) is 26.2. The largest absolute Gasteiger partial charge is 0.481 e. The molecule has 0 bridgehead atoms. The Kier molecular flexibility index (Phi) is 2.46. The van der Waals surface area contributed by atoms with Gasteiger partial charge in [0.25, 0.3) is 0 Å². The average molecular weight is 198 g/mol. The molecule has 1 unspecified atom stereocenters. The molecule has 14 heavy (non-hydrogen) atoms. The molecule has 1 atom stereocenters. The van der Waals surface area contributed by atoms with Crippen molar-refractivity contribution in [1.29, 1.82) is 0 Å². The second kappa shape index (κ2) is 2.98. The van der Waals surface area contributed by atoms with Crippen molar-refractivity contribution in [3.8, 4) is 0 Å². The second-order valence-corrected chi connectivity index (χ2v) is 6.03. The van der Waals surface area contributed by atoms with Crippen LogP contribution in [-0.4, -0.2) is 11.1 Å². The molecule has 2 heteroatoms. The van der Waals surface area contributed by atoms with E-state index in [1.807, 2.05) is 13.8 Å². The van der Waals surface area contributed by atoms with Crippen LogP contribution in [0.15, 0.2) is 0 Å². The van der Waals surface area contributed by atoms with Gasteiger partial charge in [0.05, 0.1) is 5.92 Å². The number of rotatable bonds is 3. The summed E-state index contributed by atoms with van der Waals surface area (Å²) < 4.78 is 0. The quantitative estimate of drug-likeness (QED) is 0.756. The summed E-state index contributed by atoms with van der Waals surface area (Å²) in [4.78, 5) is 11.2. The SMILES string of the molecule is CC(C)C(C(=O)O)C1C(C)(C)C1(C)C. The molecule has 0 amide bonds. The molecule has 0 aliphatic heterocycles. The van der Waals surface area contributed by atoms with Crippen LogP contribution in [0.2, 0.25) is 0 Å². The number of hydrogen-bond donors (Lipinski definition) is 1. The molecule has 1 fully saturated rings. The minimum absolute atomic E-state index is 0.167. The van der Waals surface area contributed by atoms with E-state index in [4.69, 9.17) is 0 Å². The molecule has 1 aliphatic rings. The zero-order chi connectivity index (χ0) is 11.3. The molecule has 0 spiro atoms. The van der Waals surface area contributed by atoms with Crippen molar-refractivity contribution < 1.29 is 9.90 Å². The van der Waals surface area contributed by atoms with E-state index in [2.05, 4.69) is 27.7 Å². The molecular weight excluding hydrogens is 176 g/mol. The van der Waals surface area contributed by atoms with Crippen LogP contribution in [0.4, 0.5) is 0 Å². The van der Waals surface area contributed by atoms with Gasteiger partial charge in [-0.2, -0.15) is 0 Å². The molecule has 1 aliphatic carbocycles. The topological polar surface area (TPSA) is 37.3 Å². The fourth-order valence-electron chi connectivity index (χ4n) is 2.96. The van der Waals surface area contributed by atoms with Gasteiger partial charge in [-0.25, -0.2) is 0 Å². The maximum Gasteiger partial charge on any atom is 0.307 e. The summed E-state index contributed by atoms with van der Waals surface area (Å²) in [6, 6.07) is 0. The highest BCUT2D eigenvalue weighted by atomic mass is 16.4. The first-order valence-corrected chi connectivity index (χ1v) is 5.37. The Morgan fingerprint density at radius 2 is 1.50 bits per heavy atom. The lowest BCUT2D eigenvalue weighted by Crippen LogP contribution is -2.24. The molecular formula is C12H22O2. The maximum atomic E-state index is 11.2. The summed E-state index contributed by atoms with van der Waals surface area (Å²) in [6.07, 6.45) is 0. The predicted octanol–water partition coefficient (Wildman–Crippen LogP) is 3.03. The summed E-state index contributed by atoms with van der Waals surface area (Å²) in [6.45, 7) is 12.7. The van der Waals surface area contributed by atoms with Crippen LogP contribution in [0.5, 0.6) is 0 Å². The summed E-state index contributed by atoms with van der Waals surface area (Å²) in [5, 5.41) is 9.22. The monoisotopic (exact) mass is 198 g/mol. The van der Waals surface area contributed by atoms with Gasteiger partial charge in [0.15, 0.2) is 0 Å². The van der Waals surface area contributed by atoms with E-state index >= 15 is 0 Å². The summed E-state index contributed by atoms with van der Waals surface area (Å²) >= 11 is 0. The first kappa shape index (κ1) is 11.5. The van der Waals surface area contributed by atoms with E-state index in [9.17, 15) is 9.90 Å². The number of carboxylic acid groups (broad SMARTS) is 1. The molecule has 0 aromatic rings. The van der Waals surface area contributed by atoms with Gasteiger partial charge in [0.1, 0.15) is 0 Å². The lowest BCUT2D eigenvalue weighted by molar-refractivity contribution is -0.144. The van der Waals surface area contributed by atoms with Crippen molar-refractivity contribution >= 4 is 5.97 Å². The fraction of sp³-hybridized carbons (Fsp3) is 0.917. The summed E-state index contributed by atoms with van der Waals surface area (Å²) in [5.74, 6) is -0.297. The van der Waals surface area contributed by atoms with Crippen LogP contribution in [0.25, 0.3) is 0 Å². The Balaban J connectivity index is 2.90. The van der Waals surface area contributed by atoms with E-state index in [-0.39, 0.29) is 22.7 Å². The highest BCUT2D eigenvalue weighted by Gasteiger charge is 2.68. The van der Waals surface area contributed by atoms with Gasteiger partial charge in [-0.15, -0.1) is 0 Å². The number of aliphatic carboxylic acids is 1. The van der Waals surface area contributed by atoms with Gasteiger partial charge in [-0.05, 0) is 22.7 Å². The Morgan fingerprint density at radius 3 is 1.57 bits per heavy atom. The van der Waals surface area contributed by atoms with Crippen molar-refractivity contribution in [3.63, 3.8) is 0 Å². The van der Waals surface area contributed by atoms with Crippen molar-refractivity contribution in [1.82, 2.24) is 0 Å². The number of carboxylic acids is 1. The van der Waals surface area contributed by atoms with Gasteiger partial charge >= 0.3 is 5.97 Å². The lowest BCUT2D eigenvalue weighted by atomic mass is 9.86. The van der Waals surface area contributed by atoms with Gasteiger partial charge in [-0.1, -0.05) is 41.5 Å². The van der Waals surface area contributed by atoms with Crippen LogP contribution in [0, 0.1) is 28.6 Å². The number of carbonyl (C=O) groups is 1. The maximum absolute atomic E-state index is 11.2. The molecule has 1 rings (SSSR count). The number of hydrogen-bond acceptors (Lipinski definition) is 1. The van der Waals surface area contributed by atoms with Crippen molar-refractivity contribution in [2.45, 2.75) is 41.5 Å². The Bertz CT molecular complexity index is 237. The molecule has 0 radical (unpaired) electrons. The highest BCUT2D eigenvalue weighted by Crippen LogP contribution is 2.71. The van der Waals surface area contributed by atoms with Crippen LogP contribution < -0.4 is 0 Å². The average Bonchev–Trinajstić information content (AvgIpc) is 2.31. The predicted molar refractivity (Wildman–Crippen MR) is 57.0 cm³/mol. The molecule has 0 heterocycles. The van der Waals surface area contributed by atoms with E-state index in [1.165, 1.54) is 0 Å². The third kappa shape index (κ3) is 1.35. The van der Waals surface area contributed by atoms with Crippen LogP contribution in [-0.2, 0) is 4.79 Å². The molecule has 2 nitrogen and oxygen atoms in total. The zero-order valence-electron chi connectivity index (χ0n) is 10.1. The van der Waals surface area contributed by atoms with Gasteiger partial charge in [-0.3, -0.25) is 4.79 Å². The zero-order valence-corrected chi connectivity index (χ0v) is 10.1. The van der Waals surface area contributed by atoms with Gasteiger partial charge in [0.2, 0.25) is 0 Å². The molecule has 1 N–H and O–H groups in total. The first-order chi connectivity index (χ1) is 6.14. The lowest BCUT2D eigenvalue weighted by Gasteiger charge is -2.18. The summed E-state index contributed by atoms with van der Waals surface area (Å²) in [5.41, 5.74) is 0.334. The third-order valence-electron chi connectivity index (χ3n) is 4.49. The minimum Gasteiger partial charge on any atom is -0.481 e. The van der Waals surface area contributed by atoms with Gasteiger partial charge < -0.3 is 5.11 Å². The molecule has 0 aromatic carbocycles. The minimum atomic E-state index is -0.636. The fourth-order valence-corrected chi connectivity index (χ4v) is 2.96. The van der Waals surface area contributed by atoms with Crippen LogP contribution in [0.1, 0.15) is 41.5 Å². The van der Waals surface area contributed by atoms with Crippen LogP contribution in [0.3, 0.4) is 0 Å². The van der Waals surface area contributed by atoms with Crippen molar-refractivity contribution in [2.24, 2.45) is 28.6 Å². The Labute approximate surface area is 86.7 Å². The van der Waals surface area contributed by atoms with E-state index in [0.29, 0.717) is 5.92 Å². The van der Waals surface area contributed by atoms with E-state index < -0.39 is 5.97 Å². The smallest absolute Gasteiger partial charge is 0.307 e. The van der Waals surface area contributed by atoms with Crippen molar-refractivity contribution in [3.05, 3.63) is 0 Å². The van der Waals surface area contributed by atoms with Crippen LogP contribution >= 0.6 is 0 Å². The second-order valence-electron chi connectivity index (χ2n) is 6.03. The van der Waals surface area contributed by atoms with E-state index in [1.54, 1.807) is 0 Å². The Morgan fingerprint density at radius 1 is 1.14 bits per heavy atom. The highest BCUT2D eigenvalue weighted by molar-refractivity contribution is 5.71. The molecule has 0 saturated heterocycles. The van der Waals surface area contributed by atoms with Crippen molar-refractivity contribution in [2.75, 3.05) is 0 Å². The third-order valence-corrected chi connectivity index (χ3v) is 4.49. The summed E-state index contributed by atoms with van der Waals surface area (Å²) in [7, 11) is 0.